The Labute approximate surface area is 178 Å². The smallest absolute Gasteiger partial charge is 0.191 e. The summed E-state index contributed by atoms with van der Waals surface area (Å²) in [5, 5.41) is 24.3. The fraction of sp³-hybridized carbons (Fsp3) is 0.500. The predicted octanol–water partition coefficient (Wildman–Crippen LogP) is 3.30. The van der Waals surface area contributed by atoms with E-state index in [4.69, 9.17) is 16.7 Å². The van der Waals surface area contributed by atoms with Crippen LogP contribution in [-0.4, -0.2) is 31.6 Å². The zero-order valence-electron chi connectivity index (χ0n) is 18.8. The molecule has 30 heavy (non-hydrogen) atoms. The van der Waals surface area contributed by atoms with Crippen molar-refractivity contribution in [3.8, 4) is 0 Å². The fourth-order valence-electron chi connectivity index (χ4n) is 3.61. The lowest BCUT2D eigenvalue weighted by Gasteiger charge is -2.22. The third-order valence-electron chi connectivity index (χ3n) is 4.47. The number of hydrogen-bond acceptors (Lipinski definition) is 5. The summed E-state index contributed by atoms with van der Waals surface area (Å²) in [6.45, 7) is 13.8. The first-order chi connectivity index (χ1) is 13.8. The molecule has 8 heteroatoms. The topological polar surface area (TPSA) is 135 Å². The summed E-state index contributed by atoms with van der Waals surface area (Å²) < 4.78 is 1.74. The molecule has 0 saturated heterocycles. The molecule has 6 N–H and O–H groups in total. The lowest BCUT2D eigenvalue weighted by molar-refractivity contribution is 0.317. The number of benzene rings is 1. The van der Waals surface area contributed by atoms with E-state index in [9.17, 15) is 5.21 Å². The van der Waals surface area contributed by atoms with Gasteiger partial charge in [0.1, 0.15) is 11.4 Å². The Morgan fingerprint density at radius 2 is 1.33 bits per heavy atom. The molecule has 0 radical (unpaired) electrons. The van der Waals surface area contributed by atoms with E-state index in [1.54, 1.807) is 10.9 Å². The molecule has 2 rings (SSSR count). The van der Waals surface area contributed by atoms with Gasteiger partial charge < -0.3 is 26.4 Å². The van der Waals surface area contributed by atoms with Crippen LogP contribution < -0.4 is 11.5 Å². The van der Waals surface area contributed by atoms with Crippen molar-refractivity contribution in [3.05, 3.63) is 52.6 Å². The predicted molar refractivity (Wildman–Crippen MR) is 119 cm³/mol. The Kier molecular flexibility index (Phi) is 6.80. The molecule has 1 aromatic heterocycles. The van der Waals surface area contributed by atoms with Gasteiger partial charge in [0.15, 0.2) is 11.7 Å². The van der Waals surface area contributed by atoms with Crippen molar-refractivity contribution in [3.63, 3.8) is 0 Å². The molecule has 0 spiro atoms. The van der Waals surface area contributed by atoms with Gasteiger partial charge in [-0.25, -0.2) is 4.98 Å². The Morgan fingerprint density at radius 1 is 0.867 bits per heavy atom. The minimum Gasteiger partial charge on any atom is -0.409 e. The molecule has 1 aromatic carbocycles. The molecule has 0 aliphatic heterocycles. The van der Waals surface area contributed by atoms with Gasteiger partial charge >= 0.3 is 0 Å². The molecule has 2 aromatic rings. The summed E-state index contributed by atoms with van der Waals surface area (Å²) in [5.41, 5.74) is 16.0. The molecule has 8 nitrogen and oxygen atoms in total. The van der Waals surface area contributed by atoms with Crippen molar-refractivity contribution in [2.45, 2.75) is 60.9 Å². The summed E-state index contributed by atoms with van der Waals surface area (Å²) in [6.07, 6.45) is 3.44. The Bertz CT molecular complexity index is 911. The van der Waals surface area contributed by atoms with Crippen LogP contribution in [0.5, 0.6) is 0 Å². The molecular formula is C22H34N6O2. The first kappa shape index (κ1) is 23.3. The van der Waals surface area contributed by atoms with E-state index in [1.165, 1.54) is 11.1 Å². The van der Waals surface area contributed by atoms with Gasteiger partial charge in [-0.3, -0.25) is 0 Å². The highest BCUT2D eigenvalue weighted by Gasteiger charge is 2.20. The van der Waals surface area contributed by atoms with Gasteiger partial charge in [0.05, 0.1) is 6.33 Å². The first-order valence-electron chi connectivity index (χ1n) is 9.95. The van der Waals surface area contributed by atoms with Crippen molar-refractivity contribution in [1.29, 1.82) is 0 Å². The second kappa shape index (κ2) is 8.77. The van der Waals surface area contributed by atoms with Crippen LogP contribution in [0.3, 0.4) is 0 Å². The summed E-state index contributed by atoms with van der Waals surface area (Å²) >= 11 is 0. The van der Waals surface area contributed by atoms with Gasteiger partial charge in [-0.1, -0.05) is 70.1 Å². The Morgan fingerprint density at radius 3 is 1.77 bits per heavy atom. The molecule has 164 valence electrons. The maximum atomic E-state index is 9.20. The van der Waals surface area contributed by atoms with E-state index in [0.29, 0.717) is 12.2 Å². The van der Waals surface area contributed by atoms with E-state index in [2.05, 4.69) is 75.0 Å². The Hall–Kier alpha value is -3.03. The third kappa shape index (κ3) is 6.23. The molecule has 0 amide bonds. The second-order valence-corrected chi connectivity index (χ2v) is 10.2. The normalized spacial score (nSPS) is 13.7. The van der Waals surface area contributed by atoms with E-state index in [1.807, 2.05) is 0 Å². The van der Waals surface area contributed by atoms with Gasteiger partial charge in [0.2, 0.25) is 0 Å². The highest BCUT2D eigenvalue weighted by atomic mass is 16.4. The number of nitrogens with two attached hydrogens (primary N) is 2. The fourth-order valence-corrected chi connectivity index (χ4v) is 3.61. The maximum absolute atomic E-state index is 9.20. The van der Waals surface area contributed by atoms with E-state index in [-0.39, 0.29) is 28.2 Å². The maximum Gasteiger partial charge on any atom is 0.191 e. The van der Waals surface area contributed by atoms with Crippen molar-refractivity contribution < 1.29 is 10.4 Å². The first-order valence-corrected chi connectivity index (χ1v) is 9.95. The summed E-state index contributed by atoms with van der Waals surface area (Å²) in [4.78, 5) is 4.19. The monoisotopic (exact) mass is 414 g/mol. The van der Waals surface area contributed by atoms with Crippen molar-refractivity contribution in [2.75, 3.05) is 0 Å². The van der Waals surface area contributed by atoms with Gasteiger partial charge in [-0.2, -0.15) is 0 Å². The van der Waals surface area contributed by atoms with Crippen LogP contribution >= 0.6 is 0 Å². The van der Waals surface area contributed by atoms with Crippen LogP contribution in [0, 0.1) is 10.8 Å². The quantitative estimate of drug-likeness (QED) is 0.249. The summed E-state index contributed by atoms with van der Waals surface area (Å²) in [7, 11) is 0. The number of rotatable bonds is 6. The number of nitrogens with zero attached hydrogens (tertiary/aromatic N) is 4. The summed E-state index contributed by atoms with van der Waals surface area (Å²) in [5.74, 6) is -0.361. The molecule has 0 saturated carbocycles. The zero-order valence-corrected chi connectivity index (χ0v) is 18.8. The van der Waals surface area contributed by atoms with Gasteiger partial charge in [0.25, 0.3) is 0 Å². The molecule has 0 fully saturated rings. The largest absolute Gasteiger partial charge is 0.409 e. The lowest BCUT2D eigenvalue weighted by Crippen LogP contribution is -2.25. The van der Waals surface area contributed by atoms with Crippen LogP contribution in [0.4, 0.5) is 0 Å². The Balaban J connectivity index is 2.52. The summed E-state index contributed by atoms with van der Waals surface area (Å²) in [6, 6.07) is 6.63. The number of amidine groups is 2. The molecule has 1 heterocycles. The number of hydrogen-bond donors (Lipinski definition) is 4. The number of oxime groups is 2. The third-order valence-corrected chi connectivity index (χ3v) is 4.47. The zero-order chi connectivity index (χ0) is 22.7. The van der Waals surface area contributed by atoms with E-state index < -0.39 is 0 Å². The lowest BCUT2D eigenvalue weighted by atomic mass is 9.84. The van der Waals surface area contributed by atoms with Gasteiger partial charge in [0, 0.05) is 6.54 Å². The highest BCUT2D eigenvalue weighted by molar-refractivity contribution is 6.07. The molecular weight excluding hydrogens is 380 g/mol. The highest BCUT2D eigenvalue weighted by Crippen LogP contribution is 2.27. The van der Waals surface area contributed by atoms with Crippen molar-refractivity contribution in [2.24, 2.45) is 32.6 Å². The van der Waals surface area contributed by atoms with Crippen LogP contribution in [0.25, 0.3) is 0 Å². The van der Waals surface area contributed by atoms with Crippen LogP contribution in [0.1, 0.15) is 69.6 Å². The average Bonchev–Trinajstić information content (AvgIpc) is 3.00. The standard InChI is InChI=1S/C22H34N6O2/c1-21(2,3)10-14-7-15(11-22(4,5)6)9-16(8-14)12-28-13-25-17(19(23)26-29)18(28)20(24)27-30/h7-9,13,29-30H,10-12H2,1-6H3,(H2,23,26)(H2,24,27). The van der Waals surface area contributed by atoms with Crippen LogP contribution in [-0.2, 0) is 19.4 Å². The van der Waals surface area contributed by atoms with E-state index in [0.717, 1.165) is 18.4 Å². The molecule has 0 aliphatic rings. The minimum absolute atomic E-state index is 0.158. The number of imidazole rings is 1. The van der Waals surface area contributed by atoms with Crippen LogP contribution in [0.2, 0.25) is 0 Å². The van der Waals surface area contributed by atoms with Crippen molar-refractivity contribution in [1.82, 2.24) is 9.55 Å². The van der Waals surface area contributed by atoms with Gasteiger partial charge in [-0.15, -0.1) is 0 Å². The van der Waals surface area contributed by atoms with Gasteiger partial charge in [-0.05, 0) is 40.4 Å². The SMILES string of the molecule is CC(C)(C)Cc1cc(Cn2cnc(/C(N)=N/O)c2/C(N)=N/O)cc(CC(C)(C)C)c1. The van der Waals surface area contributed by atoms with Crippen molar-refractivity contribution >= 4 is 11.7 Å². The van der Waals surface area contributed by atoms with E-state index >= 15 is 0 Å². The molecule has 0 aliphatic carbocycles. The second-order valence-electron chi connectivity index (χ2n) is 10.2. The van der Waals surface area contributed by atoms with Crippen LogP contribution in [0.15, 0.2) is 34.8 Å². The number of aromatic nitrogens is 2. The minimum atomic E-state index is -0.203. The average molecular weight is 415 g/mol. The molecule has 0 unspecified atom stereocenters. The molecule has 0 atom stereocenters. The molecule has 0 bridgehead atoms.